The van der Waals surface area contributed by atoms with Crippen LogP contribution >= 0.6 is 0 Å². The molecule has 0 spiro atoms. The second-order valence-corrected chi connectivity index (χ2v) is 8.96. The highest BCUT2D eigenvalue weighted by molar-refractivity contribution is 6.06. The second-order valence-electron chi connectivity index (χ2n) is 8.96. The van der Waals surface area contributed by atoms with Crippen LogP contribution in [0.15, 0.2) is 69.9 Å². The number of benzene rings is 3. The SMILES string of the molecule is CCCOc1cccc(C2c3c(oc4c(ccc5ccccc54)c3=O)C(=O)N2CCN(C)C)c1. The summed E-state index contributed by atoms with van der Waals surface area (Å²) in [5, 5.41) is 2.28. The topological polar surface area (TPSA) is 63.0 Å². The van der Waals surface area contributed by atoms with Crippen molar-refractivity contribution < 1.29 is 13.9 Å². The van der Waals surface area contributed by atoms with E-state index >= 15 is 0 Å². The lowest BCUT2D eigenvalue weighted by molar-refractivity contribution is 0.0716. The third kappa shape index (κ3) is 3.74. The van der Waals surface area contributed by atoms with Crippen molar-refractivity contribution in [3.05, 3.63) is 87.8 Å². The third-order valence-corrected chi connectivity index (χ3v) is 6.29. The molecule has 1 amide bonds. The molecule has 34 heavy (non-hydrogen) atoms. The zero-order valence-electron chi connectivity index (χ0n) is 19.7. The molecule has 0 saturated carbocycles. The van der Waals surface area contributed by atoms with Crippen molar-refractivity contribution in [3.63, 3.8) is 0 Å². The molecule has 0 saturated heterocycles. The maximum absolute atomic E-state index is 13.9. The van der Waals surface area contributed by atoms with Gasteiger partial charge in [0.2, 0.25) is 5.76 Å². The maximum atomic E-state index is 13.9. The number of ether oxygens (including phenoxy) is 1. The fourth-order valence-corrected chi connectivity index (χ4v) is 4.63. The molecule has 1 aliphatic heterocycles. The summed E-state index contributed by atoms with van der Waals surface area (Å²) in [6.07, 6.45) is 0.896. The van der Waals surface area contributed by atoms with Gasteiger partial charge in [-0.2, -0.15) is 0 Å². The molecule has 1 aliphatic rings. The minimum atomic E-state index is -0.528. The zero-order valence-corrected chi connectivity index (χ0v) is 19.7. The van der Waals surface area contributed by atoms with Crippen molar-refractivity contribution in [2.45, 2.75) is 19.4 Å². The second kappa shape index (κ2) is 8.95. The lowest BCUT2D eigenvalue weighted by Gasteiger charge is -2.26. The van der Waals surface area contributed by atoms with Gasteiger partial charge in [0, 0.05) is 18.5 Å². The highest BCUT2D eigenvalue weighted by Crippen LogP contribution is 2.39. The van der Waals surface area contributed by atoms with E-state index in [1.54, 1.807) is 11.0 Å². The first-order chi connectivity index (χ1) is 16.5. The minimum absolute atomic E-state index is 0.137. The van der Waals surface area contributed by atoms with Gasteiger partial charge in [-0.15, -0.1) is 0 Å². The minimum Gasteiger partial charge on any atom is -0.494 e. The fourth-order valence-electron chi connectivity index (χ4n) is 4.63. The number of hydrogen-bond donors (Lipinski definition) is 0. The molecule has 1 atom stereocenters. The van der Waals surface area contributed by atoms with E-state index in [9.17, 15) is 9.59 Å². The molecule has 2 heterocycles. The molecule has 1 unspecified atom stereocenters. The Morgan fingerprint density at radius 3 is 2.62 bits per heavy atom. The van der Waals surface area contributed by atoms with Gasteiger partial charge in [-0.25, -0.2) is 0 Å². The molecule has 4 aromatic rings. The lowest BCUT2D eigenvalue weighted by Crippen LogP contribution is -2.35. The Kier molecular flexibility index (Phi) is 5.84. The molecule has 0 N–H and O–H groups in total. The van der Waals surface area contributed by atoms with Gasteiger partial charge < -0.3 is 19.0 Å². The molecule has 0 fully saturated rings. The Hall–Kier alpha value is -3.64. The summed E-state index contributed by atoms with van der Waals surface area (Å²) in [5.41, 5.74) is 1.54. The van der Waals surface area contributed by atoms with Crippen molar-refractivity contribution in [2.75, 3.05) is 33.8 Å². The smallest absolute Gasteiger partial charge is 0.290 e. The predicted octanol–water partition coefficient (Wildman–Crippen LogP) is 4.84. The number of rotatable bonds is 7. The van der Waals surface area contributed by atoms with Gasteiger partial charge in [-0.3, -0.25) is 9.59 Å². The van der Waals surface area contributed by atoms with Gasteiger partial charge in [0.15, 0.2) is 5.43 Å². The Balaban J connectivity index is 1.72. The maximum Gasteiger partial charge on any atom is 0.290 e. The Morgan fingerprint density at radius 2 is 1.82 bits per heavy atom. The molecule has 174 valence electrons. The third-order valence-electron chi connectivity index (χ3n) is 6.29. The Morgan fingerprint density at radius 1 is 1.00 bits per heavy atom. The molecule has 0 aliphatic carbocycles. The lowest BCUT2D eigenvalue weighted by atomic mass is 9.97. The van der Waals surface area contributed by atoms with Crippen LogP contribution < -0.4 is 10.2 Å². The van der Waals surface area contributed by atoms with Crippen LogP contribution in [0.5, 0.6) is 5.75 Å². The normalized spacial score (nSPS) is 15.5. The summed E-state index contributed by atoms with van der Waals surface area (Å²) in [4.78, 5) is 31.2. The number of fused-ring (bicyclic) bond motifs is 4. The highest BCUT2D eigenvalue weighted by Gasteiger charge is 2.42. The Bertz CT molecular complexity index is 1440. The van der Waals surface area contributed by atoms with Crippen LogP contribution in [0.25, 0.3) is 21.7 Å². The first-order valence-electron chi connectivity index (χ1n) is 11.7. The fraction of sp³-hybridized carbons (Fsp3) is 0.286. The van der Waals surface area contributed by atoms with Crippen LogP contribution in [0.2, 0.25) is 0 Å². The molecule has 6 heteroatoms. The molecule has 0 bridgehead atoms. The van der Waals surface area contributed by atoms with Crippen molar-refractivity contribution in [1.29, 1.82) is 0 Å². The highest BCUT2D eigenvalue weighted by atomic mass is 16.5. The van der Waals surface area contributed by atoms with E-state index in [0.717, 1.165) is 28.5 Å². The van der Waals surface area contributed by atoms with Crippen molar-refractivity contribution in [3.8, 4) is 5.75 Å². The summed E-state index contributed by atoms with van der Waals surface area (Å²) >= 11 is 0. The molecule has 1 aromatic heterocycles. The van der Waals surface area contributed by atoms with E-state index in [2.05, 4.69) is 6.92 Å². The van der Waals surface area contributed by atoms with Gasteiger partial charge in [0.1, 0.15) is 11.3 Å². The number of likely N-dealkylation sites (N-methyl/N-ethyl adjacent to an activating group) is 1. The quantitative estimate of drug-likeness (QED) is 0.372. The number of carbonyl (C=O) groups excluding carboxylic acids is 1. The van der Waals surface area contributed by atoms with E-state index < -0.39 is 6.04 Å². The van der Waals surface area contributed by atoms with E-state index in [4.69, 9.17) is 9.15 Å². The summed E-state index contributed by atoms with van der Waals surface area (Å²) in [6.45, 7) is 3.79. The van der Waals surface area contributed by atoms with Crippen LogP contribution in [-0.4, -0.2) is 49.5 Å². The predicted molar refractivity (Wildman–Crippen MR) is 134 cm³/mol. The van der Waals surface area contributed by atoms with Crippen LogP contribution in [-0.2, 0) is 0 Å². The van der Waals surface area contributed by atoms with Crippen molar-refractivity contribution >= 4 is 27.6 Å². The van der Waals surface area contributed by atoms with Gasteiger partial charge in [0.25, 0.3) is 5.91 Å². The van der Waals surface area contributed by atoms with Gasteiger partial charge in [0.05, 0.1) is 23.6 Å². The average molecular weight is 457 g/mol. The molecule has 3 aromatic carbocycles. The number of nitrogens with zero attached hydrogens (tertiary/aromatic N) is 2. The standard InChI is InChI=1S/C28H28N2O4/c1-4-16-33-20-10-7-9-19(17-20)24-23-25(31)22-13-12-18-8-5-6-11-21(18)26(22)34-27(23)28(32)30(24)15-14-29(2)3/h5-13,17,24H,4,14-16H2,1-3H3. The summed E-state index contributed by atoms with van der Waals surface area (Å²) < 4.78 is 12.1. The van der Waals surface area contributed by atoms with Crippen LogP contribution in [0.4, 0.5) is 0 Å². The van der Waals surface area contributed by atoms with Gasteiger partial charge in [-0.05, 0) is 49.7 Å². The number of carbonyl (C=O) groups is 1. The van der Waals surface area contributed by atoms with Crippen LogP contribution in [0, 0.1) is 0 Å². The molecule has 6 nitrogen and oxygen atoms in total. The first kappa shape index (κ1) is 22.2. The number of amides is 1. The van der Waals surface area contributed by atoms with E-state index in [-0.39, 0.29) is 17.1 Å². The van der Waals surface area contributed by atoms with Crippen LogP contribution in [0.1, 0.15) is 41.1 Å². The number of hydrogen-bond acceptors (Lipinski definition) is 5. The largest absolute Gasteiger partial charge is 0.494 e. The molecule has 5 rings (SSSR count). The van der Waals surface area contributed by atoms with E-state index in [1.807, 2.05) is 73.6 Å². The molecule has 0 radical (unpaired) electrons. The van der Waals surface area contributed by atoms with E-state index in [0.29, 0.717) is 36.2 Å². The molecular formula is C28H28N2O4. The van der Waals surface area contributed by atoms with Gasteiger partial charge in [-0.1, -0.05) is 49.4 Å². The van der Waals surface area contributed by atoms with Crippen molar-refractivity contribution in [2.24, 2.45) is 0 Å². The van der Waals surface area contributed by atoms with Gasteiger partial charge >= 0.3 is 0 Å². The summed E-state index contributed by atoms with van der Waals surface area (Å²) in [6, 6.07) is 18.6. The monoisotopic (exact) mass is 456 g/mol. The van der Waals surface area contributed by atoms with E-state index in [1.165, 1.54) is 0 Å². The first-order valence-corrected chi connectivity index (χ1v) is 11.7. The average Bonchev–Trinajstić information content (AvgIpc) is 3.13. The Labute approximate surface area is 198 Å². The van der Waals surface area contributed by atoms with Crippen LogP contribution in [0.3, 0.4) is 0 Å². The van der Waals surface area contributed by atoms with Crippen molar-refractivity contribution in [1.82, 2.24) is 9.80 Å². The summed E-state index contributed by atoms with van der Waals surface area (Å²) in [7, 11) is 3.93. The molecular weight excluding hydrogens is 428 g/mol. The summed E-state index contributed by atoms with van der Waals surface area (Å²) in [5.74, 6) is 0.607. The zero-order chi connectivity index (χ0) is 23.8.